The first kappa shape index (κ1) is 12.0. The van der Waals surface area contributed by atoms with Crippen LogP contribution in [0.25, 0.3) is 0 Å². The Morgan fingerprint density at radius 2 is 2.00 bits per heavy atom. The van der Waals surface area contributed by atoms with Crippen LogP contribution >= 0.6 is 27.5 Å². The lowest BCUT2D eigenvalue weighted by Crippen LogP contribution is -2.13. The quantitative estimate of drug-likeness (QED) is 0.927. The van der Waals surface area contributed by atoms with Gasteiger partial charge in [0.15, 0.2) is 0 Å². The minimum atomic E-state index is -0.300. The van der Waals surface area contributed by atoms with E-state index in [2.05, 4.69) is 31.2 Å². The van der Waals surface area contributed by atoms with Gasteiger partial charge < -0.3 is 0 Å². The van der Waals surface area contributed by atoms with Gasteiger partial charge in [-0.1, -0.05) is 11.6 Å². The van der Waals surface area contributed by atoms with E-state index in [-0.39, 0.29) is 11.9 Å². The number of amides is 1. The maximum absolute atomic E-state index is 11.8. The Morgan fingerprint density at radius 1 is 1.29 bits per heavy atom. The van der Waals surface area contributed by atoms with Crippen LogP contribution in [0.15, 0.2) is 41.1 Å². The summed E-state index contributed by atoms with van der Waals surface area (Å²) in [6, 6.07) is 6.62. The Morgan fingerprint density at radius 3 is 2.65 bits per heavy atom. The van der Waals surface area contributed by atoms with Crippen LogP contribution in [-0.2, 0) is 0 Å². The minimum Gasteiger partial charge on any atom is -0.290 e. The van der Waals surface area contributed by atoms with Crippen LogP contribution in [0.2, 0.25) is 5.02 Å². The number of halogens is 2. The molecule has 2 aromatic rings. The normalized spacial score (nSPS) is 10.0. The van der Waals surface area contributed by atoms with Crippen molar-refractivity contribution in [2.24, 2.45) is 0 Å². The number of aromatic nitrogens is 2. The molecular weight excluding hydrogens is 305 g/mol. The molecule has 2 rings (SSSR count). The Bertz CT molecular complexity index is 548. The van der Waals surface area contributed by atoms with Crippen LogP contribution in [0.3, 0.4) is 0 Å². The number of nitrogens with zero attached hydrogens (tertiary/aromatic N) is 2. The van der Waals surface area contributed by atoms with E-state index in [9.17, 15) is 4.79 Å². The third-order valence-electron chi connectivity index (χ3n) is 1.97. The largest absolute Gasteiger partial charge is 0.290 e. The van der Waals surface area contributed by atoms with Gasteiger partial charge >= 0.3 is 0 Å². The zero-order valence-electron chi connectivity index (χ0n) is 8.52. The van der Waals surface area contributed by atoms with Crippen molar-refractivity contribution in [1.29, 1.82) is 0 Å². The summed E-state index contributed by atoms with van der Waals surface area (Å²) in [6.07, 6.45) is 3.11. The van der Waals surface area contributed by atoms with E-state index < -0.39 is 0 Å². The molecule has 0 saturated carbocycles. The SMILES string of the molecule is O=C(Nc1ncccn1)c1ccc(Br)c(Cl)c1. The van der Waals surface area contributed by atoms with E-state index in [4.69, 9.17) is 11.6 Å². The van der Waals surface area contributed by atoms with E-state index in [1.807, 2.05) is 0 Å². The highest BCUT2D eigenvalue weighted by atomic mass is 79.9. The average molecular weight is 313 g/mol. The fourth-order valence-electron chi connectivity index (χ4n) is 1.17. The van der Waals surface area contributed by atoms with E-state index in [1.165, 1.54) is 0 Å². The number of benzene rings is 1. The highest BCUT2D eigenvalue weighted by Gasteiger charge is 2.08. The highest BCUT2D eigenvalue weighted by molar-refractivity contribution is 9.10. The number of hydrogen-bond acceptors (Lipinski definition) is 3. The second-order valence-electron chi connectivity index (χ2n) is 3.16. The summed E-state index contributed by atoms with van der Waals surface area (Å²) >= 11 is 9.16. The van der Waals surface area contributed by atoms with Crippen LogP contribution < -0.4 is 5.32 Å². The van der Waals surface area contributed by atoms with Gasteiger partial charge in [-0.3, -0.25) is 10.1 Å². The second kappa shape index (κ2) is 5.25. The molecule has 0 fully saturated rings. The first-order valence-electron chi connectivity index (χ1n) is 4.70. The summed E-state index contributed by atoms with van der Waals surface area (Å²) in [7, 11) is 0. The van der Waals surface area contributed by atoms with Crippen molar-refractivity contribution in [2.75, 3.05) is 5.32 Å². The van der Waals surface area contributed by atoms with Crippen molar-refractivity contribution in [2.45, 2.75) is 0 Å². The van der Waals surface area contributed by atoms with Gasteiger partial charge in [0.25, 0.3) is 5.91 Å². The second-order valence-corrected chi connectivity index (χ2v) is 4.42. The highest BCUT2D eigenvalue weighted by Crippen LogP contribution is 2.23. The Balaban J connectivity index is 2.18. The lowest BCUT2D eigenvalue weighted by atomic mass is 10.2. The average Bonchev–Trinajstić information content (AvgIpc) is 2.34. The number of nitrogens with one attached hydrogen (secondary N) is 1. The summed E-state index contributed by atoms with van der Waals surface area (Å²) in [5, 5.41) is 3.05. The van der Waals surface area contributed by atoms with E-state index in [1.54, 1.807) is 36.7 Å². The fraction of sp³-hybridized carbons (Fsp3) is 0. The molecule has 0 atom stereocenters. The molecule has 1 N–H and O–H groups in total. The molecule has 0 unspecified atom stereocenters. The number of anilines is 1. The van der Waals surface area contributed by atoms with Crippen LogP contribution in [0.1, 0.15) is 10.4 Å². The molecule has 0 aliphatic heterocycles. The molecule has 1 aromatic heterocycles. The molecule has 86 valence electrons. The van der Waals surface area contributed by atoms with Crippen molar-refractivity contribution in [1.82, 2.24) is 9.97 Å². The van der Waals surface area contributed by atoms with Crippen molar-refractivity contribution in [3.05, 3.63) is 51.7 Å². The molecular formula is C11H7BrClN3O. The Labute approximate surface area is 111 Å². The molecule has 17 heavy (non-hydrogen) atoms. The number of carbonyl (C=O) groups is 1. The third-order valence-corrected chi connectivity index (χ3v) is 3.21. The zero-order chi connectivity index (χ0) is 12.3. The van der Waals surface area contributed by atoms with Crippen LogP contribution in [0.4, 0.5) is 5.95 Å². The third kappa shape index (κ3) is 3.01. The van der Waals surface area contributed by atoms with Crippen molar-refractivity contribution in [3.63, 3.8) is 0 Å². The Kier molecular flexibility index (Phi) is 3.71. The maximum atomic E-state index is 11.8. The fourth-order valence-corrected chi connectivity index (χ4v) is 1.60. The molecule has 0 bridgehead atoms. The summed E-state index contributed by atoms with van der Waals surface area (Å²) < 4.78 is 0.742. The summed E-state index contributed by atoms with van der Waals surface area (Å²) in [5.74, 6) is -0.0397. The van der Waals surface area contributed by atoms with E-state index in [0.717, 1.165) is 4.47 Å². The summed E-state index contributed by atoms with van der Waals surface area (Å²) in [5.41, 5.74) is 0.450. The molecule has 0 spiro atoms. The van der Waals surface area contributed by atoms with Gasteiger partial charge in [0, 0.05) is 22.4 Å². The smallest absolute Gasteiger partial charge is 0.258 e. The summed E-state index contributed by atoms with van der Waals surface area (Å²) in [4.78, 5) is 19.6. The van der Waals surface area contributed by atoms with Gasteiger partial charge in [0.2, 0.25) is 5.95 Å². The van der Waals surface area contributed by atoms with Gasteiger partial charge in [-0.2, -0.15) is 0 Å². The lowest BCUT2D eigenvalue weighted by molar-refractivity contribution is 0.102. The minimum absolute atomic E-state index is 0.261. The molecule has 1 amide bonds. The molecule has 0 radical (unpaired) electrons. The van der Waals surface area contributed by atoms with Gasteiger partial charge in [-0.25, -0.2) is 9.97 Å². The first-order valence-corrected chi connectivity index (χ1v) is 5.87. The molecule has 0 aliphatic rings. The monoisotopic (exact) mass is 311 g/mol. The molecule has 0 aliphatic carbocycles. The molecule has 6 heteroatoms. The van der Waals surface area contributed by atoms with Crippen LogP contribution in [0.5, 0.6) is 0 Å². The molecule has 1 heterocycles. The number of hydrogen-bond donors (Lipinski definition) is 1. The summed E-state index contributed by atoms with van der Waals surface area (Å²) in [6.45, 7) is 0. The van der Waals surface area contributed by atoms with Crippen LogP contribution in [-0.4, -0.2) is 15.9 Å². The van der Waals surface area contributed by atoms with Crippen LogP contribution in [0, 0.1) is 0 Å². The zero-order valence-corrected chi connectivity index (χ0v) is 10.9. The van der Waals surface area contributed by atoms with E-state index >= 15 is 0 Å². The van der Waals surface area contributed by atoms with Crippen molar-refractivity contribution >= 4 is 39.4 Å². The molecule has 4 nitrogen and oxygen atoms in total. The van der Waals surface area contributed by atoms with Crippen molar-refractivity contribution < 1.29 is 4.79 Å². The first-order chi connectivity index (χ1) is 8.16. The number of rotatable bonds is 2. The van der Waals surface area contributed by atoms with Gasteiger partial charge in [0.1, 0.15) is 0 Å². The van der Waals surface area contributed by atoms with Gasteiger partial charge in [-0.05, 0) is 40.2 Å². The maximum Gasteiger partial charge on any atom is 0.258 e. The lowest BCUT2D eigenvalue weighted by Gasteiger charge is -2.04. The van der Waals surface area contributed by atoms with E-state index in [0.29, 0.717) is 10.6 Å². The van der Waals surface area contributed by atoms with Gasteiger partial charge in [0.05, 0.1) is 5.02 Å². The number of carbonyl (C=O) groups excluding carboxylic acids is 1. The Hall–Kier alpha value is -1.46. The standard InChI is InChI=1S/C11H7BrClN3O/c12-8-3-2-7(6-9(8)13)10(17)16-11-14-4-1-5-15-11/h1-6H,(H,14,15,16,17). The topological polar surface area (TPSA) is 54.9 Å². The van der Waals surface area contributed by atoms with Gasteiger partial charge in [-0.15, -0.1) is 0 Å². The predicted molar refractivity (Wildman–Crippen MR) is 69.1 cm³/mol. The molecule has 1 aromatic carbocycles. The predicted octanol–water partition coefficient (Wildman–Crippen LogP) is 3.14. The van der Waals surface area contributed by atoms with Crippen molar-refractivity contribution in [3.8, 4) is 0 Å². The molecule has 0 saturated heterocycles.